The highest BCUT2D eigenvalue weighted by Gasteiger charge is 2.23. The molecule has 1 saturated carbocycles. The zero-order valence-electron chi connectivity index (χ0n) is 12.7. The third kappa shape index (κ3) is 3.52. The maximum Gasteiger partial charge on any atom is 0.223 e. The second-order valence-corrected chi connectivity index (χ2v) is 6.24. The Labute approximate surface area is 126 Å². The van der Waals surface area contributed by atoms with E-state index in [9.17, 15) is 4.79 Å². The van der Waals surface area contributed by atoms with E-state index in [4.69, 9.17) is 4.98 Å². The summed E-state index contributed by atoms with van der Waals surface area (Å²) < 4.78 is 0. The van der Waals surface area contributed by atoms with Crippen molar-refractivity contribution in [3.8, 4) is 0 Å². The average Bonchev–Trinajstić information content (AvgIpc) is 3.02. The number of anilines is 1. The van der Waals surface area contributed by atoms with E-state index in [-0.39, 0.29) is 11.9 Å². The summed E-state index contributed by atoms with van der Waals surface area (Å²) in [7, 11) is 0. The minimum absolute atomic E-state index is 0.155. The van der Waals surface area contributed by atoms with Crippen LogP contribution in [0.1, 0.15) is 57.1 Å². The first-order chi connectivity index (χ1) is 10.2. The fraction of sp³-hybridized carbons (Fsp3) is 0.688. The molecule has 2 fully saturated rings. The number of aromatic nitrogens is 2. The lowest BCUT2D eigenvalue weighted by molar-refractivity contribution is -0.129. The van der Waals surface area contributed by atoms with Crippen LogP contribution < -0.4 is 5.32 Å². The molecule has 21 heavy (non-hydrogen) atoms. The van der Waals surface area contributed by atoms with Crippen molar-refractivity contribution in [2.24, 2.45) is 0 Å². The Morgan fingerprint density at radius 3 is 2.86 bits per heavy atom. The molecular weight excluding hydrogens is 264 g/mol. The zero-order chi connectivity index (χ0) is 14.7. The smallest absolute Gasteiger partial charge is 0.223 e. The maximum atomic E-state index is 11.5. The quantitative estimate of drug-likeness (QED) is 0.928. The molecule has 1 aromatic heterocycles. The molecule has 0 bridgehead atoms. The zero-order valence-corrected chi connectivity index (χ0v) is 12.7. The Kier molecular flexibility index (Phi) is 4.36. The number of carbonyl (C=O) groups excluding carboxylic acids is 1. The van der Waals surface area contributed by atoms with Crippen LogP contribution in [0.2, 0.25) is 0 Å². The predicted octanol–water partition coefficient (Wildman–Crippen LogP) is 2.56. The van der Waals surface area contributed by atoms with Crippen LogP contribution in [0.25, 0.3) is 0 Å². The number of hydrogen-bond acceptors (Lipinski definition) is 4. The summed E-state index contributed by atoms with van der Waals surface area (Å²) in [4.78, 5) is 22.4. The standard InChI is InChI=1S/C16H24N4O/c1-12(21)20-10-4-7-14(11-20)18-16-17-9-8-15(19-16)13-5-2-3-6-13/h8-9,13-14H,2-7,10-11H2,1H3,(H,17,18,19)/t14-/m1/s1. The second-order valence-electron chi connectivity index (χ2n) is 6.24. The molecule has 1 N–H and O–H groups in total. The third-order valence-electron chi connectivity index (χ3n) is 4.65. The largest absolute Gasteiger partial charge is 0.350 e. The number of hydrogen-bond donors (Lipinski definition) is 1. The Morgan fingerprint density at radius 1 is 1.29 bits per heavy atom. The summed E-state index contributed by atoms with van der Waals surface area (Å²) >= 11 is 0. The van der Waals surface area contributed by atoms with Gasteiger partial charge in [0.2, 0.25) is 11.9 Å². The van der Waals surface area contributed by atoms with Crippen LogP contribution in [0, 0.1) is 0 Å². The van der Waals surface area contributed by atoms with Crippen LogP contribution in [0.5, 0.6) is 0 Å². The number of rotatable bonds is 3. The van der Waals surface area contributed by atoms with E-state index in [1.165, 1.54) is 31.4 Å². The molecule has 1 aromatic rings. The third-order valence-corrected chi connectivity index (χ3v) is 4.65. The van der Waals surface area contributed by atoms with E-state index in [0.717, 1.165) is 31.9 Å². The molecule has 5 heteroatoms. The first-order valence-corrected chi connectivity index (χ1v) is 8.07. The Morgan fingerprint density at radius 2 is 2.10 bits per heavy atom. The number of carbonyl (C=O) groups is 1. The van der Waals surface area contributed by atoms with Gasteiger partial charge in [0.15, 0.2) is 0 Å². The van der Waals surface area contributed by atoms with Crippen molar-refractivity contribution in [3.63, 3.8) is 0 Å². The summed E-state index contributed by atoms with van der Waals surface area (Å²) in [5.74, 6) is 1.48. The molecule has 0 unspecified atom stereocenters. The number of nitrogens with zero attached hydrogens (tertiary/aromatic N) is 3. The molecule has 0 aromatic carbocycles. The minimum atomic E-state index is 0.155. The van der Waals surface area contributed by atoms with E-state index < -0.39 is 0 Å². The van der Waals surface area contributed by atoms with Gasteiger partial charge in [0.25, 0.3) is 0 Å². The van der Waals surface area contributed by atoms with Crippen molar-refractivity contribution in [1.29, 1.82) is 0 Å². The molecule has 3 rings (SSSR count). The van der Waals surface area contributed by atoms with Crippen molar-refractivity contribution >= 4 is 11.9 Å². The van der Waals surface area contributed by atoms with Gasteiger partial charge in [0.05, 0.1) is 0 Å². The van der Waals surface area contributed by atoms with E-state index in [2.05, 4.69) is 10.3 Å². The van der Waals surface area contributed by atoms with Gasteiger partial charge in [0.1, 0.15) is 0 Å². The van der Waals surface area contributed by atoms with E-state index in [0.29, 0.717) is 5.92 Å². The van der Waals surface area contributed by atoms with Gasteiger partial charge in [-0.05, 0) is 31.7 Å². The molecule has 2 heterocycles. The Hall–Kier alpha value is -1.65. The summed E-state index contributed by atoms with van der Waals surface area (Å²) in [6, 6.07) is 2.31. The highest BCUT2D eigenvalue weighted by Crippen LogP contribution is 2.33. The Bertz CT molecular complexity index is 499. The lowest BCUT2D eigenvalue weighted by Gasteiger charge is -2.32. The van der Waals surface area contributed by atoms with Crippen molar-refractivity contribution < 1.29 is 4.79 Å². The van der Waals surface area contributed by atoms with Gasteiger partial charge in [-0.15, -0.1) is 0 Å². The van der Waals surface area contributed by atoms with Crippen molar-refractivity contribution in [2.45, 2.75) is 57.4 Å². The lowest BCUT2D eigenvalue weighted by atomic mass is 10.0. The van der Waals surface area contributed by atoms with Gasteiger partial charge in [-0.2, -0.15) is 0 Å². The lowest BCUT2D eigenvalue weighted by Crippen LogP contribution is -2.44. The topological polar surface area (TPSA) is 58.1 Å². The van der Waals surface area contributed by atoms with Gasteiger partial charge in [-0.1, -0.05) is 12.8 Å². The fourth-order valence-corrected chi connectivity index (χ4v) is 3.45. The van der Waals surface area contributed by atoms with Crippen LogP contribution >= 0.6 is 0 Å². The average molecular weight is 288 g/mol. The molecule has 1 aliphatic heterocycles. The van der Waals surface area contributed by atoms with Crippen molar-refractivity contribution in [1.82, 2.24) is 14.9 Å². The molecule has 114 valence electrons. The SMILES string of the molecule is CC(=O)N1CCC[C@@H](Nc2nccc(C3CCCC3)n2)C1. The molecule has 0 spiro atoms. The highest BCUT2D eigenvalue weighted by atomic mass is 16.2. The van der Waals surface area contributed by atoms with Gasteiger partial charge in [-0.25, -0.2) is 9.97 Å². The molecular formula is C16H24N4O. The molecule has 1 amide bonds. The van der Waals surface area contributed by atoms with E-state index in [1.807, 2.05) is 17.2 Å². The van der Waals surface area contributed by atoms with Crippen molar-refractivity contribution in [3.05, 3.63) is 18.0 Å². The molecule has 1 atom stereocenters. The van der Waals surface area contributed by atoms with Crippen LogP contribution in [0.3, 0.4) is 0 Å². The first-order valence-electron chi connectivity index (χ1n) is 8.07. The molecule has 5 nitrogen and oxygen atoms in total. The van der Waals surface area contributed by atoms with Crippen LogP contribution in [0.15, 0.2) is 12.3 Å². The summed E-state index contributed by atoms with van der Waals surface area (Å²) in [5.41, 5.74) is 1.17. The summed E-state index contributed by atoms with van der Waals surface area (Å²) in [6.07, 6.45) is 9.09. The van der Waals surface area contributed by atoms with E-state index in [1.54, 1.807) is 6.92 Å². The number of piperidine rings is 1. The molecule has 1 aliphatic carbocycles. The second kappa shape index (κ2) is 6.41. The van der Waals surface area contributed by atoms with Gasteiger partial charge in [0, 0.05) is 43.9 Å². The van der Waals surface area contributed by atoms with Gasteiger partial charge >= 0.3 is 0 Å². The van der Waals surface area contributed by atoms with Gasteiger partial charge < -0.3 is 10.2 Å². The highest BCUT2D eigenvalue weighted by molar-refractivity contribution is 5.73. The molecule has 1 saturated heterocycles. The number of likely N-dealkylation sites (tertiary alicyclic amines) is 1. The maximum absolute atomic E-state index is 11.5. The first kappa shape index (κ1) is 14.3. The minimum Gasteiger partial charge on any atom is -0.350 e. The van der Waals surface area contributed by atoms with Crippen LogP contribution in [0.4, 0.5) is 5.95 Å². The summed E-state index contributed by atoms with van der Waals surface area (Å²) in [6.45, 7) is 3.27. The van der Waals surface area contributed by atoms with Crippen LogP contribution in [-0.4, -0.2) is 39.9 Å². The predicted molar refractivity (Wildman–Crippen MR) is 82.1 cm³/mol. The summed E-state index contributed by atoms with van der Waals surface area (Å²) in [5, 5.41) is 3.41. The van der Waals surface area contributed by atoms with Crippen molar-refractivity contribution in [2.75, 3.05) is 18.4 Å². The monoisotopic (exact) mass is 288 g/mol. The number of nitrogens with one attached hydrogen (secondary N) is 1. The molecule has 2 aliphatic rings. The fourth-order valence-electron chi connectivity index (χ4n) is 3.45. The normalized spacial score (nSPS) is 23.3. The number of amides is 1. The van der Waals surface area contributed by atoms with E-state index >= 15 is 0 Å². The van der Waals surface area contributed by atoms with Crippen LogP contribution in [-0.2, 0) is 4.79 Å². The van der Waals surface area contributed by atoms with Gasteiger partial charge in [-0.3, -0.25) is 4.79 Å². The Balaban J connectivity index is 1.64. The molecule has 0 radical (unpaired) electrons.